The highest BCUT2D eigenvalue weighted by Gasteiger charge is 2.51. The van der Waals surface area contributed by atoms with E-state index in [0.29, 0.717) is 29.7 Å². The molecule has 2 atom stereocenters. The van der Waals surface area contributed by atoms with E-state index in [9.17, 15) is 37.5 Å². The van der Waals surface area contributed by atoms with Crippen molar-refractivity contribution < 1.29 is 42.2 Å². The van der Waals surface area contributed by atoms with Gasteiger partial charge in [0.25, 0.3) is 0 Å². The number of thioether (sulfide) groups is 1. The molecule has 0 aromatic heterocycles. The van der Waals surface area contributed by atoms with Crippen molar-refractivity contribution in [2.75, 3.05) is 12.3 Å². The minimum atomic E-state index is -5.13. The van der Waals surface area contributed by atoms with E-state index in [1.54, 1.807) is 6.07 Å². The third-order valence-corrected chi connectivity index (χ3v) is 6.84. The van der Waals surface area contributed by atoms with E-state index in [4.69, 9.17) is 5.73 Å². The normalized spacial score (nSPS) is 23.8. The Balaban J connectivity index is 1.49. The fourth-order valence-electron chi connectivity index (χ4n) is 3.91. The zero-order valence-electron chi connectivity index (χ0n) is 17.4. The second-order valence-corrected chi connectivity index (χ2v) is 8.90. The van der Waals surface area contributed by atoms with Gasteiger partial charge in [-0.15, -0.1) is 11.8 Å². The van der Waals surface area contributed by atoms with Crippen LogP contribution in [0.25, 0.3) is 0 Å². The number of carboxylic acids is 1. The van der Waals surface area contributed by atoms with Crippen molar-refractivity contribution in [3.05, 3.63) is 52.7 Å². The van der Waals surface area contributed by atoms with Gasteiger partial charge in [0.15, 0.2) is 0 Å². The molecule has 0 bridgehead atoms. The fourth-order valence-corrected chi connectivity index (χ4v) is 5.16. The number of ether oxygens (including phenoxy) is 1. The number of carbonyl (C=O) groups is 4. The molecule has 0 radical (unpaired) electrons. The maximum Gasteiger partial charge on any atom is 0.491 e. The van der Waals surface area contributed by atoms with Crippen molar-refractivity contribution in [2.45, 2.75) is 30.6 Å². The Morgan fingerprint density at radius 2 is 2.03 bits per heavy atom. The molecule has 34 heavy (non-hydrogen) atoms. The molecule has 1 aromatic carbocycles. The molecule has 0 spiro atoms. The smallest absolute Gasteiger partial charge is 0.477 e. The summed E-state index contributed by atoms with van der Waals surface area (Å²) in [6.07, 6.45) is -3.33. The predicted molar refractivity (Wildman–Crippen MR) is 112 cm³/mol. The molecule has 3 N–H and O–H groups in total. The van der Waals surface area contributed by atoms with Crippen LogP contribution in [0.2, 0.25) is 0 Å². The third kappa shape index (κ3) is 4.40. The van der Waals surface area contributed by atoms with Crippen molar-refractivity contribution in [1.29, 1.82) is 0 Å². The maximum absolute atomic E-state index is 12.9. The number of alkyl halides is 3. The molecule has 2 amide bonds. The summed E-state index contributed by atoms with van der Waals surface area (Å²) in [7, 11) is 0. The van der Waals surface area contributed by atoms with Crippen molar-refractivity contribution in [2.24, 2.45) is 5.73 Å². The van der Waals surface area contributed by atoms with Crippen LogP contribution >= 0.6 is 11.8 Å². The highest BCUT2D eigenvalue weighted by molar-refractivity contribution is 8.00. The van der Waals surface area contributed by atoms with Gasteiger partial charge < -0.3 is 20.5 Å². The summed E-state index contributed by atoms with van der Waals surface area (Å²) >= 11 is 1.32. The molecule has 9 nitrogen and oxygen atoms in total. The number of likely N-dealkylation sites (tertiary alicyclic amines) is 1. The Kier molecular flexibility index (Phi) is 6.16. The van der Waals surface area contributed by atoms with Gasteiger partial charge in [-0.2, -0.15) is 13.2 Å². The minimum absolute atomic E-state index is 0.0503. The molecular formula is C21H18F3N3O6S. The van der Waals surface area contributed by atoms with Gasteiger partial charge in [0, 0.05) is 24.4 Å². The lowest BCUT2D eigenvalue weighted by Crippen LogP contribution is -2.68. The molecule has 0 unspecified atom stereocenters. The number of amides is 2. The zero-order chi connectivity index (χ0) is 24.8. The Hall–Kier alpha value is -3.32. The highest BCUT2D eigenvalue weighted by Crippen LogP contribution is 2.40. The summed E-state index contributed by atoms with van der Waals surface area (Å²) in [5.41, 5.74) is 6.68. The molecule has 0 aliphatic carbocycles. The fraction of sp³-hybridized carbons (Fsp3) is 0.333. The number of halogens is 3. The van der Waals surface area contributed by atoms with E-state index in [1.807, 2.05) is 0 Å². The SMILES string of the molecule is N[C@@H]1C(=O)N2C(C(=O)O)=C(/C=C3\CCN(Cc4cccc(OC(=O)C(F)(F)F)c4)C3=O)CS[C@H]12. The number of nitrogens with zero attached hydrogens (tertiary/aromatic N) is 2. The van der Waals surface area contributed by atoms with Gasteiger partial charge in [0.2, 0.25) is 11.8 Å². The monoisotopic (exact) mass is 497 g/mol. The van der Waals surface area contributed by atoms with E-state index in [2.05, 4.69) is 4.74 Å². The number of fused-ring (bicyclic) bond motifs is 1. The Morgan fingerprint density at radius 3 is 2.71 bits per heavy atom. The number of β-lactam (4-membered cyclic amide) rings is 1. The summed E-state index contributed by atoms with van der Waals surface area (Å²) in [5.74, 6) is -4.52. The molecule has 13 heteroatoms. The highest BCUT2D eigenvalue weighted by atomic mass is 32.2. The number of aliphatic carboxylic acids is 1. The van der Waals surface area contributed by atoms with Crippen LogP contribution in [0.5, 0.6) is 5.75 Å². The topological polar surface area (TPSA) is 130 Å². The molecule has 2 fully saturated rings. The molecular weight excluding hydrogens is 479 g/mol. The lowest BCUT2D eigenvalue weighted by molar-refractivity contribution is -0.189. The third-order valence-electron chi connectivity index (χ3n) is 5.52. The van der Waals surface area contributed by atoms with E-state index >= 15 is 0 Å². The quantitative estimate of drug-likeness (QED) is 0.270. The van der Waals surface area contributed by atoms with Gasteiger partial charge in [0.05, 0.1) is 0 Å². The summed E-state index contributed by atoms with van der Waals surface area (Å²) in [6.45, 7) is 0.352. The number of nitrogens with two attached hydrogens (primary N) is 1. The van der Waals surface area contributed by atoms with Gasteiger partial charge >= 0.3 is 18.1 Å². The first-order valence-corrected chi connectivity index (χ1v) is 11.1. The van der Waals surface area contributed by atoms with Gasteiger partial charge in [-0.1, -0.05) is 12.1 Å². The number of hydrogen-bond acceptors (Lipinski definition) is 7. The molecule has 3 aliphatic heterocycles. The number of allylic oxidation sites excluding steroid dienone is 1. The standard InChI is InChI=1S/C21H18F3N3O6S/c22-21(23,24)20(32)33-13-3-1-2-10(6-13)8-26-5-4-11(16(26)28)7-12-9-34-18-14(25)17(29)27(18)15(12)19(30)31/h1-3,6-7,14,18H,4-5,8-9,25H2,(H,30,31)/b11-7+/t14-,18-/m1/s1. The van der Waals surface area contributed by atoms with Crippen LogP contribution in [0, 0.1) is 0 Å². The second kappa shape index (κ2) is 8.80. The van der Waals surface area contributed by atoms with Crippen molar-refractivity contribution in [3.63, 3.8) is 0 Å². The molecule has 1 aromatic rings. The molecule has 3 heterocycles. The minimum Gasteiger partial charge on any atom is -0.477 e. The van der Waals surface area contributed by atoms with Crippen molar-refractivity contribution >= 4 is 35.5 Å². The summed E-state index contributed by atoms with van der Waals surface area (Å²) in [5, 5.41) is 9.18. The predicted octanol–water partition coefficient (Wildman–Crippen LogP) is 1.39. The second-order valence-electron chi connectivity index (χ2n) is 7.80. The van der Waals surface area contributed by atoms with Crippen LogP contribution in [0.4, 0.5) is 13.2 Å². The van der Waals surface area contributed by atoms with E-state index in [0.717, 1.165) is 4.90 Å². The van der Waals surface area contributed by atoms with Crippen LogP contribution in [0.1, 0.15) is 12.0 Å². The lowest BCUT2D eigenvalue weighted by atomic mass is 10.0. The van der Waals surface area contributed by atoms with E-state index in [-0.39, 0.29) is 29.7 Å². The van der Waals surface area contributed by atoms with Crippen LogP contribution in [-0.2, 0) is 25.7 Å². The molecule has 4 rings (SSSR count). The van der Waals surface area contributed by atoms with E-state index in [1.165, 1.54) is 40.9 Å². The van der Waals surface area contributed by atoms with Crippen LogP contribution in [-0.4, -0.2) is 68.5 Å². The van der Waals surface area contributed by atoms with Crippen LogP contribution in [0.15, 0.2) is 47.2 Å². The van der Waals surface area contributed by atoms with Gasteiger partial charge in [-0.3, -0.25) is 14.5 Å². The van der Waals surface area contributed by atoms with Crippen molar-refractivity contribution in [3.8, 4) is 5.75 Å². The number of hydrogen-bond donors (Lipinski definition) is 2. The lowest BCUT2D eigenvalue weighted by Gasteiger charge is -2.47. The van der Waals surface area contributed by atoms with Crippen LogP contribution < -0.4 is 10.5 Å². The first-order chi connectivity index (χ1) is 16.0. The summed E-state index contributed by atoms with van der Waals surface area (Å²) < 4.78 is 41.6. The number of benzene rings is 1. The zero-order valence-corrected chi connectivity index (χ0v) is 18.2. The molecule has 180 valence electrons. The first-order valence-electron chi connectivity index (χ1n) is 10.0. The van der Waals surface area contributed by atoms with Crippen LogP contribution in [0.3, 0.4) is 0 Å². The van der Waals surface area contributed by atoms with Gasteiger partial charge in [-0.05, 0) is 35.8 Å². The molecule has 2 saturated heterocycles. The maximum atomic E-state index is 12.9. The Morgan fingerprint density at radius 1 is 1.29 bits per heavy atom. The molecule has 0 saturated carbocycles. The molecule has 3 aliphatic rings. The average molecular weight is 497 g/mol. The number of rotatable bonds is 5. The number of carboxylic acid groups (broad SMARTS) is 1. The van der Waals surface area contributed by atoms with Gasteiger partial charge in [0.1, 0.15) is 22.9 Å². The summed E-state index contributed by atoms with van der Waals surface area (Å²) in [4.78, 5) is 50.4. The number of carbonyl (C=O) groups excluding carboxylic acids is 3. The largest absolute Gasteiger partial charge is 0.491 e. The number of esters is 1. The van der Waals surface area contributed by atoms with E-state index < -0.39 is 35.4 Å². The first kappa shape index (κ1) is 23.8. The van der Waals surface area contributed by atoms with Crippen molar-refractivity contribution in [1.82, 2.24) is 9.80 Å². The summed E-state index contributed by atoms with van der Waals surface area (Å²) in [6, 6.07) is 4.65. The Labute approximate surface area is 195 Å². The Bertz CT molecular complexity index is 1150. The van der Waals surface area contributed by atoms with Gasteiger partial charge in [-0.25, -0.2) is 9.59 Å². The average Bonchev–Trinajstić information content (AvgIpc) is 3.11.